The normalized spacial score (nSPS) is 20.4. The van der Waals surface area contributed by atoms with Crippen molar-refractivity contribution in [3.05, 3.63) is 29.8 Å². The Kier molecular flexibility index (Phi) is 6.25. The summed E-state index contributed by atoms with van der Waals surface area (Å²) in [5.41, 5.74) is 1.30. The summed E-state index contributed by atoms with van der Waals surface area (Å²) < 4.78 is 10.4. The maximum atomic E-state index is 11.9. The van der Waals surface area contributed by atoms with E-state index in [2.05, 4.69) is 24.0 Å². The molecular weight excluding hydrogens is 278 g/mol. The van der Waals surface area contributed by atoms with Crippen molar-refractivity contribution in [1.82, 2.24) is 4.90 Å². The molecule has 2 atom stereocenters. The highest BCUT2D eigenvalue weighted by molar-refractivity contribution is 5.72. The number of piperidine rings is 1. The molecule has 1 aliphatic heterocycles. The average Bonchev–Trinajstić information content (AvgIpc) is 2.56. The SMILES string of the molecule is CCOC(=O)[C@@H]1CCCN([C@H](C)Cc2ccc(OC)cc2)C1. The first kappa shape index (κ1) is 16.8. The van der Waals surface area contributed by atoms with Crippen LogP contribution in [0.1, 0.15) is 32.3 Å². The lowest BCUT2D eigenvalue weighted by atomic mass is 9.95. The molecule has 0 bridgehead atoms. The average molecular weight is 305 g/mol. The maximum Gasteiger partial charge on any atom is 0.310 e. The number of nitrogens with zero attached hydrogens (tertiary/aromatic N) is 1. The molecule has 0 aliphatic carbocycles. The van der Waals surface area contributed by atoms with Crippen LogP contribution >= 0.6 is 0 Å². The molecule has 1 aromatic carbocycles. The first-order chi connectivity index (χ1) is 10.6. The Morgan fingerprint density at radius 2 is 2.09 bits per heavy atom. The molecule has 0 aromatic heterocycles. The van der Waals surface area contributed by atoms with Crippen LogP contribution < -0.4 is 4.74 Å². The monoisotopic (exact) mass is 305 g/mol. The Bertz CT molecular complexity index is 472. The fourth-order valence-corrected chi connectivity index (χ4v) is 3.09. The largest absolute Gasteiger partial charge is 0.497 e. The fraction of sp³-hybridized carbons (Fsp3) is 0.611. The van der Waals surface area contributed by atoms with Crippen molar-refractivity contribution in [1.29, 1.82) is 0 Å². The van der Waals surface area contributed by atoms with Crippen molar-refractivity contribution in [2.75, 3.05) is 26.8 Å². The predicted molar refractivity (Wildman–Crippen MR) is 87.1 cm³/mol. The lowest BCUT2D eigenvalue weighted by Crippen LogP contribution is -2.44. The lowest BCUT2D eigenvalue weighted by molar-refractivity contribution is -0.150. The van der Waals surface area contributed by atoms with E-state index in [1.165, 1.54) is 5.56 Å². The van der Waals surface area contributed by atoms with Gasteiger partial charge in [0.2, 0.25) is 0 Å². The Balaban J connectivity index is 1.90. The molecule has 4 heteroatoms. The van der Waals surface area contributed by atoms with Gasteiger partial charge in [-0.1, -0.05) is 12.1 Å². The van der Waals surface area contributed by atoms with Crippen LogP contribution in [0.25, 0.3) is 0 Å². The first-order valence-electron chi connectivity index (χ1n) is 8.17. The second-order valence-electron chi connectivity index (χ2n) is 5.99. The molecule has 0 spiro atoms. The predicted octanol–water partition coefficient (Wildman–Crippen LogP) is 2.90. The second kappa shape index (κ2) is 8.18. The zero-order chi connectivity index (χ0) is 15.9. The van der Waals surface area contributed by atoms with E-state index < -0.39 is 0 Å². The van der Waals surface area contributed by atoms with E-state index in [1.54, 1.807) is 7.11 Å². The lowest BCUT2D eigenvalue weighted by Gasteiger charge is -2.36. The van der Waals surface area contributed by atoms with Gasteiger partial charge in [-0.15, -0.1) is 0 Å². The number of likely N-dealkylation sites (tertiary alicyclic amines) is 1. The van der Waals surface area contributed by atoms with Crippen LogP contribution in [0, 0.1) is 5.92 Å². The van der Waals surface area contributed by atoms with Crippen LogP contribution in [0.3, 0.4) is 0 Å². The summed E-state index contributed by atoms with van der Waals surface area (Å²) >= 11 is 0. The zero-order valence-corrected chi connectivity index (χ0v) is 13.9. The zero-order valence-electron chi connectivity index (χ0n) is 13.9. The number of carbonyl (C=O) groups is 1. The maximum absolute atomic E-state index is 11.9. The van der Waals surface area contributed by atoms with E-state index >= 15 is 0 Å². The molecule has 1 aromatic rings. The van der Waals surface area contributed by atoms with Gasteiger partial charge in [-0.3, -0.25) is 9.69 Å². The van der Waals surface area contributed by atoms with Crippen LogP contribution in [0.5, 0.6) is 5.75 Å². The van der Waals surface area contributed by atoms with Crippen molar-refractivity contribution >= 4 is 5.97 Å². The van der Waals surface area contributed by atoms with E-state index in [9.17, 15) is 4.79 Å². The summed E-state index contributed by atoms with van der Waals surface area (Å²) in [6, 6.07) is 8.65. The van der Waals surface area contributed by atoms with Gasteiger partial charge in [-0.05, 0) is 57.4 Å². The van der Waals surface area contributed by atoms with Gasteiger partial charge in [0.1, 0.15) is 5.75 Å². The molecule has 0 radical (unpaired) electrons. The van der Waals surface area contributed by atoms with E-state index in [4.69, 9.17) is 9.47 Å². The molecule has 22 heavy (non-hydrogen) atoms. The molecule has 0 saturated carbocycles. The summed E-state index contributed by atoms with van der Waals surface area (Å²) in [5.74, 6) is 0.882. The van der Waals surface area contributed by atoms with Gasteiger partial charge in [0, 0.05) is 12.6 Å². The van der Waals surface area contributed by atoms with E-state index in [0.717, 1.165) is 38.1 Å². The topological polar surface area (TPSA) is 38.8 Å². The summed E-state index contributed by atoms with van der Waals surface area (Å²) in [4.78, 5) is 14.3. The smallest absolute Gasteiger partial charge is 0.310 e. The highest BCUT2D eigenvalue weighted by Crippen LogP contribution is 2.22. The van der Waals surface area contributed by atoms with Crippen LogP contribution in [0.4, 0.5) is 0 Å². The number of esters is 1. The quantitative estimate of drug-likeness (QED) is 0.758. The standard InChI is InChI=1S/C18H27NO3/c1-4-22-18(20)16-6-5-11-19(13-16)14(2)12-15-7-9-17(21-3)10-8-15/h7-10,14,16H,4-6,11-13H2,1-3H3/t14-,16-/m1/s1. The third-order valence-corrected chi connectivity index (χ3v) is 4.39. The minimum absolute atomic E-state index is 0.0343. The molecule has 0 N–H and O–H groups in total. The van der Waals surface area contributed by atoms with Gasteiger partial charge in [0.05, 0.1) is 19.6 Å². The Labute approximate surface area is 133 Å². The van der Waals surface area contributed by atoms with Crippen LogP contribution in [0.15, 0.2) is 24.3 Å². The minimum atomic E-state index is -0.0381. The number of benzene rings is 1. The molecule has 4 nitrogen and oxygen atoms in total. The minimum Gasteiger partial charge on any atom is -0.497 e. The highest BCUT2D eigenvalue weighted by atomic mass is 16.5. The summed E-state index contributed by atoms with van der Waals surface area (Å²) in [6.07, 6.45) is 3.00. The highest BCUT2D eigenvalue weighted by Gasteiger charge is 2.29. The number of hydrogen-bond acceptors (Lipinski definition) is 4. The van der Waals surface area contributed by atoms with Gasteiger partial charge < -0.3 is 9.47 Å². The van der Waals surface area contributed by atoms with Gasteiger partial charge >= 0.3 is 5.97 Å². The number of rotatable bonds is 6. The van der Waals surface area contributed by atoms with Gasteiger partial charge in [0.15, 0.2) is 0 Å². The van der Waals surface area contributed by atoms with Gasteiger partial charge in [0.25, 0.3) is 0 Å². The molecular formula is C18H27NO3. The number of hydrogen-bond donors (Lipinski definition) is 0. The molecule has 1 aliphatic rings. The summed E-state index contributed by atoms with van der Waals surface area (Å²) in [5, 5.41) is 0. The molecule has 0 amide bonds. The van der Waals surface area contributed by atoms with Crippen LogP contribution in [-0.4, -0.2) is 43.7 Å². The van der Waals surface area contributed by atoms with Crippen molar-refractivity contribution in [2.24, 2.45) is 5.92 Å². The van der Waals surface area contributed by atoms with Gasteiger partial charge in [-0.2, -0.15) is 0 Å². The molecule has 1 heterocycles. The number of carbonyl (C=O) groups excluding carboxylic acids is 1. The Hall–Kier alpha value is -1.55. The second-order valence-corrected chi connectivity index (χ2v) is 5.99. The number of methoxy groups -OCH3 is 1. The number of ether oxygens (including phenoxy) is 2. The molecule has 1 fully saturated rings. The van der Waals surface area contributed by atoms with Gasteiger partial charge in [-0.25, -0.2) is 0 Å². The van der Waals surface area contributed by atoms with E-state index in [0.29, 0.717) is 12.6 Å². The summed E-state index contributed by atoms with van der Waals surface area (Å²) in [7, 11) is 1.68. The molecule has 0 unspecified atom stereocenters. The van der Waals surface area contributed by atoms with E-state index in [1.807, 2.05) is 19.1 Å². The Morgan fingerprint density at radius 1 is 1.36 bits per heavy atom. The third kappa shape index (κ3) is 4.47. The Morgan fingerprint density at radius 3 is 2.73 bits per heavy atom. The fourth-order valence-electron chi connectivity index (χ4n) is 3.09. The molecule has 2 rings (SSSR count). The van der Waals surface area contributed by atoms with Crippen molar-refractivity contribution < 1.29 is 14.3 Å². The van der Waals surface area contributed by atoms with Crippen LogP contribution in [-0.2, 0) is 16.0 Å². The molecule has 122 valence electrons. The summed E-state index contributed by atoms with van der Waals surface area (Å²) in [6.45, 7) is 6.45. The first-order valence-corrected chi connectivity index (χ1v) is 8.17. The van der Waals surface area contributed by atoms with Crippen LogP contribution in [0.2, 0.25) is 0 Å². The van der Waals surface area contributed by atoms with E-state index in [-0.39, 0.29) is 11.9 Å². The van der Waals surface area contributed by atoms with Crippen molar-refractivity contribution in [3.63, 3.8) is 0 Å². The van der Waals surface area contributed by atoms with Crippen molar-refractivity contribution in [2.45, 2.75) is 39.2 Å². The van der Waals surface area contributed by atoms with Crippen molar-refractivity contribution in [3.8, 4) is 5.75 Å². The molecule has 1 saturated heterocycles. The third-order valence-electron chi connectivity index (χ3n) is 4.39.